The molecule has 0 saturated carbocycles. The quantitative estimate of drug-likeness (QED) is 0.405. The van der Waals surface area contributed by atoms with E-state index in [-0.39, 0.29) is 0 Å². The second-order valence-electron chi connectivity index (χ2n) is 1.96. The van der Waals surface area contributed by atoms with Gasteiger partial charge in [0.25, 0.3) is 0 Å². The molecule has 0 spiro atoms. The Morgan fingerprint density at radius 3 is 2.29 bits per heavy atom. The van der Waals surface area contributed by atoms with Gasteiger partial charge in [-0.1, -0.05) is 4.98 Å². The molecule has 0 atom stereocenters. The molecule has 0 fully saturated rings. The lowest BCUT2D eigenvalue weighted by molar-refractivity contribution is -0.409. The van der Waals surface area contributed by atoms with Gasteiger partial charge in [0.2, 0.25) is 0 Å². The minimum absolute atomic E-state index is 0.365. The van der Waals surface area contributed by atoms with Crippen LogP contribution >= 0.6 is 0 Å². The first-order chi connectivity index (χ1) is 6.45. The van der Waals surface area contributed by atoms with Crippen LogP contribution in [-0.4, -0.2) is 19.5 Å². The van der Waals surface area contributed by atoms with Crippen LogP contribution in [0.5, 0.6) is 0 Å². The molecule has 0 amide bonds. The minimum atomic E-state index is -1.79. The van der Waals surface area contributed by atoms with Gasteiger partial charge in [-0.2, -0.15) is 0 Å². The van der Waals surface area contributed by atoms with Crippen LogP contribution in [0.3, 0.4) is 0 Å². The average molecular weight is 209 g/mol. The van der Waals surface area contributed by atoms with Crippen molar-refractivity contribution < 1.29 is 18.8 Å². The van der Waals surface area contributed by atoms with Gasteiger partial charge in [-0.3, -0.25) is 0 Å². The predicted octanol–water partition coefficient (Wildman–Crippen LogP) is 0.406. The highest BCUT2D eigenvalue weighted by molar-refractivity contribution is 5.27. The fraction of sp³-hybridized carbons (Fsp3) is 0. The first-order valence-corrected chi connectivity index (χ1v) is 2.93. The number of nitro groups is 2. The van der Waals surface area contributed by atoms with Crippen LogP contribution in [0, 0.1) is 20.2 Å². The highest BCUT2D eigenvalue weighted by Crippen LogP contribution is 2.20. The molecular formula is C3HF2N5O4. The fourth-order valence-corrected chi connectivity index (χ4v) is 0.721. The molecular weight excluding hydrogens is 208 g/mol. The smallest absolute Gasteiger partial charge is 0.390 e. The van der Waals surface area contributed by atoms with E-state index in [1.54, 1.807) is 0 Å². The van der Waals surface area contributed by atoms with Gasteiger partial charge in [-0.25, -0.2) is 0 Å². The summed E-state index contributed by atoms with van der Waals surface area (Å²) in [6.07, 6.45) is 0.365. The molecule has 0 unspecified atom stereocenters. The molecule has 1 rings (SSSR count). The van der Waals surface area contributed by atoms with Gasteiger partial charge < -0.3 is 20.2 Å². The molecule has 0 aromatic carbocycles. The van der Waals surface area contributed by atoms with Gasteiger partial charge in [-0.15, -0.1) is 0 Å². The molecule has 9 nitrogen and oxygen atoms in total. The lowest BCUT2D eigenvalue weighted by Crippen LogP contribution is -2.19. The Morgan fingerprint density at radius 2 is 1.93 bits per heavy atom. The molecule has 0 N–H and O–H groups in total. The summed E-state index contributed by atoms with van der Waals surface area (Å²) in [6, 6.07) is 0. The molecule has 0 bridgehead atoms. The highest BCUT2D eigenvalue weighted by atomic mass is 19.4. The molecule has 14 heavy (non-hydrogen) atoms. The van der Waals surface area contributed by atoms with E-state index in [1.807, 2.05) is 0 Å². The van der Waals surface area contributed by atoms with Crippen molar-refractivity contribution in [3.05, 3.63) is 26.4 Å². The Morgan fingerprint density at radius 1 is 1.36 bits per heavy atom. The molecule has 0 aliphatic carbocycles. The Hall–Kier alpha value is -2.33. The second-order valence-corrected chi connectivity index (χ2v) is 1.96. The van der Waals surface area contributed by atoms with Crippen molar-refractivity contribution >= 4 is 11.8 Å². The number of hydrogen-bond donors (Lipinski definition) is 0. The summed E-state index contributed by atoms with van der Waals surface area (Å²) in [4.78, 5) is 20.6. The van der Waals surface area contributed by atoms with E-state index in [1.165, 1.54) is 0 Å². The number of halogens is 2. The molecule has 0 saturated heterocycles. The fourth-order valence-electron chi connectivity index (χ4n) is 0.721. The Kier molecular flexibility index (Phi) is 2.23. The summed E-state index contributed by atoms with van der Waals surface area (Å²) in [7, 11) is 0. The van der Waals surface area contributed by atoms with Crippen LogP contribution in [0.4, 0.5) is 20.7 Å². The number of imidazole rings is 1. The van der Waals surface area contributed by atoms with Gasteiger partial charge >= 0.3 is 11.8 Å². The number of rotatable bonds is 3. The van der Waals surface area contributed by atoms with E-state index in [4.69, 9.17) is 0 Å². The molecule has 0 aliphatic heterocycles. The zero-order chi connectivity index (χ0) is 10.9. The summed E-state index contributed by atoms with van der Waals surface area (Å²) >= 11 is 0. The van der Waals surface area contributed by atoms with Crippen LogP contribution in [0.1, 0.15) is 0 Å². The molecule has 1 aromatic rings. The van der Waals surface area contributed by atoms with Crippen molar-refractivity contribution in [2.24, 2.45) is 0 Å². The van der Waals surface area contributed by atoms with Crippen molar-refractivity contribution in [2.75, 3.05) is 5.45 Å². The molecule has 0 radical (unpaired) electrons. The van der Waals surface area contributed by atoms with Crippen molar-refractivity contribution in [3.63, 3.8) is 0 Å². The highest BCUT2D eigenvalue weighted by Gasteiger charge is 2.30. The Balaban J connectivity index is 3.35. The second kappa shape index (κ2) is 3.20. The zero-order valence-corrected chi connectivity index (χ0v) is 6.20. The molecule has 76 valence electrons. The van der Waals surface area contributed by atoms with E-state index >= 15 is 0 Å². The summed E-state index contributed by atoms with van der Waals surface area (Å²) in [5.41, 5.74) is -1.79. The first-order valence-electron chi connectivity index (χ1n) is 2.93. The van der Waals surface area contributed by atoms with Crippen LogP contribution in [-0.2, 0) is 0 Å². The van der Waals surface area contributed by atoms with Gasteiger partial charge in [0.1, 0.15) is 0 Å². The van der Waals surface area contributed by atoms with E-state index in [9.17, 15) is 29.2 Å². The van der Waals surface area contributed by atoms with Crippen molar-refractivity contribution in [1.29, 1.82) is 0 Å². The standard InChI is InChI=1S/C3HF2N5O4/c4-10(5)7-2(8(11)12)1-6-3(7)9(13)14/h1H. The van der Waals surface area contributed by atoms with E-state index in [0.717, 1.165) is 0 Å². The molecule has 11 heteroatoms. The third-order valence-corrected chi connectivity index (χ3v) is 1.20. The maximum Gasteiger partial charge on any atom is 0.465 e. The number of nitrogens with zero attached hydrogens (tertiary/aromatic N) is 5. The summed E-state index contributed by atoms with van der Waals surface area (Å²) < 4.78 is 23.5. The third-order valence-electron chi connectivity index (χ3n) is 1.20. The largest absolute Gasteiger partial charge is 0.465 e. The average Bonchev–Trinajstić information content (AvgIpc) is 2.46. The van der Waals surface area contributed by atoms with Gasteiger partial charge in [0.05, 0.1) is 5.45 Å². The number of hydrogen-bond acceptors (Lipinski definition) is 6. The van der Waals surface area contributed by atoms with Crippen molar-refractivity contribution in [2.45, 2.75) is 0 Å². The Bertz CT molecular complexity index is 357. The van der Waals surface area contributed by atoms with E-state index in [2.05, 4.69) is 4.98 Å². The van der Waals surface area contributed by atoms with Gasteiger partial charge in [0, 0.05) is 0 Å². The van der Waals surface area contributed by atoms with Crippen molar-refractivity contribution in [3.8, 4) is 0 Å². The topological polar surface area (TPSA) is 107 Å². The predicted molar refractivity (Wildman–Crippen MR) is 36.0 cm³/mol. The lowest BCUT2D eigenvalue weighted by Gasteiger charge is -2.01. The normalized spacial score (nSPS) is 9.86. The van der Waals surface area contributed by atoms with Crippen LogP contribution in [0.15, 0.2) is 6.20 Å². The molecule has 1 aromatic heterocycles. The Labute approximate surface area is 73.3 Å². The zero-order valence-electron chi connectivity index (χ0n) is 6.20. The van der Waals surface area contributed by atoms with Crippen LogP contribution < -0.4 is 5.45 Å². The monoisotopic (exact) mass is 209 g/mol. The maximum absolute atomic E-state index is 12.0. The van der Waals surface area contributed by atoms with E-state index in [0.29, 0.717) is 6.20 Å². The van der Waals surface area contributed by atoms with Gasteiger partial charge in [-0.05, 0) is 23.5 Å². The van der Waals surface area contributed by atoms with Crippen LogP contribution in [0.25, 0.3) is 0 Å². The number of aromatic nitrogens is 2. The summed E-state index contributed by atoms with van der Waals surface area (Å²) in [6.45, 7) is 0. The van der Waals surface area contributed by atoms with E-state index < -0.39 is 31.7 Å². The summed E-state index contributed by atoms with van der Waals surface area (Å²) in [5, 5.41) is 20.2. The SMILES string of the molecule is O=[N+]([O-])c1cnc([N+](=O)[O-])n1N(F)F. The maximum atomic E-state index is 12.0. The lowest BCUT2D eigenvalue weighted by atomic mass is 10.8. The van der Waals surface area contributed by atoms with Crippen LogP contribution in [0.2, 0.25) is 0 Å². The molecule has 0 aliphatic rings. The third kappa shape index (κ3) is 1.41. The van der Waals surface area contributed by atoms with Crippen molar-refractivity contribution in [1.82, 2.24) is 9.66 Å². The van der Waals surface area contributed by atoms with Gasteiger partial charge in [0.15, 0.2) is 6.20 Å². The minimum Gasteiger partial charge on any atom is -0.390 e. The first kappa shape index (κ1) is 9.76. The molecule has 1 heterocycles. The summed E-state index contributed by atoms with van der Waals surface area (Å²) in [5.74, 6) is -2.52.